The van der Waals surface area contributed by atoms with Crippen LogP contribution in [0.1, 0.15) is 0 Å². The van der Waals surface area contributed by atoms with Gasteiger partial charge in [-0.25, -0.2) is 25.2 Å². The summed E-state index contributed by atoms with van der Waals surface area (Å²) in [5, 5.41) is 17.6. The van der Waals surface area contributed by atoms with E-state index in [2.05, 4.69) is 9.37 Å². The zero-order valence-electron chi connectivity index (χ0n) is 53.7. The van der Waals surface area contributed by atoms with Crippen LogP contribution in [0.15, 0.2) is 194 Å². The molecule has 10 heterocycles. The SMILES string of the molecule is CS(=O)(=O)O.CS(=O)(=O)O.CS(=O)(=O)O.CSOOO.[Zn+2].[Zn+2].c1ccc2c(c1)-c1nc-2nc2[n-]c(nc3nc(nc4[n-]c(n1)c1ccccc41)-c1ccccc1-3)c1ccccc21.c1ccc2c(c1)-c1nc-2nc2[n-]c(nc3nc(nc4[n-]c(n1)c1ccccc41)-c1ccccc1-3)c1ccccc21. The van der Waals surface area contributed by atoms with Gasteiger partial charge in [0.25, 0.3) is 30.4 Å². The van der Waals surface area contributed by atoms with Crippen molar-refractivity contribution in [3.05, 3.63) is 194 Å². The van der Waals surface area contributed by atoms with Gasteiger partial charge in [0, 0.05) is 108 Å². The van der Waals surface area contributed by atoms with Gasteiger partial charge in [-0.3, -0.25) is 13.7 Å². The predicted octanol–water partition coefficient (Wildman–Crippen LogP) is 11.4. The van der Waals surface area contributed by atoms with Crippen LogP contribution in [0.4, 0.5) is 0 Å². The molecule has 4 aliphatic rings. The van der Waals surface area contributed by atoms with Crippen LogP contribution in [0, 0.1) is 0 Å². The standard InChI is InChI=1S/2C32H16N8.4CH4O3S.2Zn/c2*1-2-10-18-17(9-1)25-33-26(18)38-28-21-13-5-6-14-22(21)30(35-28)40-32-24-16-8-7-15-23(24)31(36-32)39-29-20-12-4-3-11-19(20)27(34-29)37-25;3*1-5(2,3)4;1-5-4-3-2;;/h2*1-16H;3*1H3,(H,2,3,4);2H,1H3;;/q2*-2;;;;;2*+2. The van der Waals surface area contributed by atoms with Gasteiger partial charge in [-0.1, -0.05) is 199 Å². The van der Waals surface area contributed by atoms with E-state index >= 15 is 0 Å². The first-order chi connectivity index (χ1) is 48.0. The molecule has 4 N–H and O–H groups in total. The Morgan fingerprint density at radius 2 is 0.402 bits per heavy atom. The van der Waals surface area contributed by atoms with Crippen LogP contribution in [-0.4, -0.2) is 129 Å². The molecule has 6 aromatic heterocycles. The van der Waals surface area contributed by atoms with Crippen molar-refractivity contribution in [3.63, 3.8) is 0 Å². The molecule has 0 atom stereocenters. The Morgan fingerprint density at radius 1 is 0.275 bits per heavy atom. The average molecular weight is 1540 g/mol. The second-order valence-electron chi connectivity index (χ2n) is 21.8. The molecule has 0 amide bonds. The molecule has 0 radical (unpaired) electrons. The number of aromatic nitrogens is 16. The molecular weight excluding hydrogens is 1490 g/mol. The van der Waals surface area contributed by atoms with Crippen molar-refractivity contribution in [1.29, 1.82) is 0 Å². The molecule has 0 unspecified atom stereocenters. The number of hydrogen-bond acceptors (Lipinski definition) is 22. The van der Waals surface area contributed by atoms with Gasteiger partial charge in [0.1, 0.15) is 0 Å². The fourth-order valence-corrected chi connectivity index (χ4v) is 11.0. The molecule has 18 rings (SSSR count). The molecule has 0 aliphatic carbocycles. The molecule has 28 nitrogen and oxygen atoms in total. The van der Waals surface area contributed by atoms with Gasteiger partial charge in [0.05, 0.1) is 65.4 Å². The van der Waals surface area contributed by atoms with Crippen molar-refractivity contribution in [3.8, 4) is 91.1 Å². The van der Waals surface area contributed by atoms with Gasteiger partial charge in [0.15, 0.2) is 0 Å². The molecule has 4 aliphatic heterocycles. The van der Waals surface area contributed by atoms with E-state index in [9.17, 15) is 25.3 Å². The van der Waals surface area contributed by atoms with Crippen molar-refractivity contribution in [2.24, 2.45) is 0 Å². The molecule has 0 fully saturated rings. The summed E-state index contributed by atoms with van der Waals surface area (Å²) >= 11 is 0.929. The number of hydrogen-bond donors (Lipinski definition) is 4. The first kappa shape index (κ1) is 72.9. The summed E-state index contributed by atoms with van der Waals surface area (Å²) in [7, 11) is -11.0. The summed E-state index contributed by atoms with van der Waals surface area (Å²) in [6, 6.07) is 63.7. The Hall–Kier alpha value is -10.3. The van der Waals surface area contributed by atoms with Crippen LogP contribution in [0.2, 0.25) is 0 Å². The Morgan fingerprint density at radius 3 is 0.510 bits per heavy atom. The van der Waals surface area contributed by atoms with Crippen LogP contribution in [0.25, 0.3) is 179 Å². The monoisotopic (exact) mass is 1540 g/mol. The molecule has 16 bridgehead atoms. The molecule has 14 aromatic rings. The zero-order chi connectivity index (χ0) is 70.0. The van der Waals surface area contributed by atoms with E-state index in [1.54, 1.807) is 6.26 Å². The molecule has 0 saturated carbocycles. The van der Waals surface area contributed by atoms with Gasteiger partial charge in [-0.15, -0.1) is 4.33 Å². The van der Waals surface area contributed by atoms with Crippen LogP contribution in [0.5, 0.6) is 0 Å². The maximum absolute atomic E-state index is 9.19. The topological polar surface area (TPSA) is 413 Å². The van der Waals surface area contributed by atoms with Gasteiger partial charge >= 0.3 is 39.0 Å². The van der Waals surface area contributed by atoms with Gasteiger partial charge in [-0.05, 0) is 43.1 Å². The largest absolute Gasteiger partial charge is 2.00 e. The van der Waals surface area contributed by atoms with Crippen molar-refractivity contribution < 1.29 is 92.5 Å². The summed E-state index contributed by atoms with van der Waals surface area (Å²) in [6.07, 6.45) is 3.77. The summed E-state index contributed by atoms with van der Waals surface area (Å²) < 4.78 is 81.4. The number of benzene rings is 8. The second-order valence-corrected chi connectivity index (χ2v) is 26.7. The van der Waals surface area contributed by atoms with E-state index in [4.69, 9.17) is 98.7 Å². The van der Waals surface area contributed by atoms with Crippen molar-refractivity contribution in [2.75, 3.05) is 25.0 Å². The van der Waals surface area contributed by atoms with Crippen LogP contribution in [0.3, 0.4) is 0 Å². The van der Waals surface area contributed by atoms with Crippen LogP contribution in [-0.2, 0) is 78.7 Å². The van der Waals surface area contributed by atoms with E-state index in [1.165, 1.54) is 0 Å². The number of rotatable bonds is 2. The molecule has 0 saturated heterocycles. The van der Waals surface area contributed by atoms with E-state index in [0.29, 0.717) is 111 Å². The summed E-state index contributed by atoms with van der Waals surface area (Å²) in [5.74, 6) is 4.42. The number of fused-ring (bicyclic) bond motifs is 40. The summed E-state index contributed by atoms with van der Waals surface area (Å²) in [6.45, 7) is 0. The van der Waals surface area contributed by atoms with Gasteiger partial charge in [0.2, 0.25) is 0 Å². The minimum absolute atomic E-state index is 0. The average Bonchev–Trinajstić information content (AvgIpc) is 1.61. The smallest absolute Gasteiger partial charge is 0.357 e. The minimum atomic E-state index is -3.67. The maximum atomic E-state index is 9.19. The first-order valence-corrected chi connectivity index (χ1v) is 36.2. The molecule has 0 spiro atoms. The first-order valence-electron chi connectivity index (χ1n) is 29.5. The molecule has 34 heteroatoms. The third-order valence-corrected chi connectivity index (χ3v) is 15.0. The van der Waals surface area contributed by atoms with Crippen molar-refractivity contribution >= 4 is 131 Å². The Kier molecular flexibility index (Phi) is 21.8. The predicted molar refractivity (Wildman–Crippen MR) is 379 cm³/mol. The molecule has 102 heavy (non-hydrogen) atoms. The van der Waals surface area contributed by atoms with E-state index in [1.807, 2.05) is 194 Å². The fourth-order valence-electron chi connectivity index (χ4n) is 10.9. The van der Waals surface area contributed by atoms with Crippen LogP contribution < -0.4 is 19.9 Å². The van der Waals surface area contributed by atoms with Gasteiger partial charge in [-0.2, -0.15) is 25.3 Å². The minimum Gasteiger partial charge on any atom is -0.357 e. The molecule has 500 valence electrons. The number of nitrogens with zero attached hydrogens (tertiary/aromatic N) is 16. The summed E-state index contributed by atoms with van der Waals surface area (Å²) in [4.78, 5) is 78.5. The fraction of sp³-hybridized carbons (Fsp3) is 0.0588. The van der Waals surface area contributed by atoms with Crippen molar-refractivity contribution in [2.45, 2.75) is 0 Å². The summed E-state index contributed by atoms with van der Waals surface area (Å²) in [5.41, 5.74) is 11.6. The normalized spacial score (nSPS) is 11.5. The Balaban J connectivity index is 0.000000160. The Labute approximate surface area is 608 Å². The van der Waals surface area contributed by atoms with E-state index in [-0.39, 0.29) is 39.0 Å². The van der Waals surface area contributed by atoms with E-state index < -0.39 is 30.4 Å². The van der Waals surface area contributed by atoms with Crippen LogP contribution >= 0.6 is 12.0 Å². The maximum Gasteiger partial charge on any atom is 2.00 e. The second kappa shape index (κ2) is 30.5. The molecular formula is C68H48N16O12S4Zn2. The Bertz CT molecular complexity index is 5260. The third kappa shape index (κ3) is 16.4. The van der Waals surface area contributed by atoms with E-state index in [0.717, 1.165) is 99.6 Å². The van der Waals surface area contributed by atoms with Gasteiger partial charge < -0.3 is 59.8 Å². The molecule has 8 aromatic carbocycles. The quantitative estimate of drug-likeness (QED) is 0.0410. The third-order valence-electron chi connectivity index (χ3n) is 14.8. The zero-order valence-corrected chi connectivity index (χ0v) is 62.9. The van der Waals surface area contributed by atoms with Crippen molar-refractivity contribution in [1.82, 2.24) is 79.7 Å².